The molecule has 1 aromatic carbocycles. The van der Waals surface area contributed by atoms with Crippen LogP contribution in [0.15, 0.2) is 48.8 Å². The van der Waals surface area contributed by atoms with Gasteiger partial charge in [0, 0.05) is 44.4 Å². The van der Waals surface area contributed by atoms with E-state index in [0.717, 1.165) is 16.7 Å². The van der Waals surface area contributed by atoms with Crippen LogP contribution in [0.5, 0.6) is 0 Å². The molecule has 3 rings (SSSR count). The van der Waals surface area contributed by atoms with Gasteiger partial charge in [0.15, 0.2) is 5.60 Å². The molecule has 2 aromatic rings. The van der Waals surface area contributed by atoms with E-state index < -0.39 is 5.60 Å². The highest BCUT2D eigenvalue weighted by Gasteiger charge is 2.45. The zero-order chi connectivity index (χ0) is 20.9. The summed E-state index contributed by atoms with van der Waals surface area (Å²) in [4.78, 5) is 31.6. The smallest absolute Gasteiger partial charge is 0.254 e. The quantitative estimate of drug-likeness (QED) is 0.816. The lowest BCUT2D eigenvalue weighted by molar-refractivity contribution is -0.166. The van der Waals surface area contributed by atoms with E-state index in [1.807, 2.05) is 56.4 Å². The molecular weight excluding hydrogens is 366 g/mol. The third-order valence-corrected chi connectivity index (χ3v) is 5.23. The molecule has 6 heteroatoms. The molecule has 2 heterocycles. The van der Waals surface area contributed by atoms with Crippen molar-refractivity contribution in [2.24, 2.45) is 5.92 Å². The Bertz CT molecular complexity index is 853. The first kappa shape index (κ1) is 21.0. The molecule has 0 bridgehead atoms. The van der Waals surface area contributed by atoms with Crippen LogP contribution in [-0.2, 0) is 20.7 Å². The van der Waals surface area contributed by atoms with Crippen LogP contribution < -0.4 is 5.32 Å². The molecule has 1 aliphatic rings. The number of ether oxygens (including phenoxy) is 1. The molecule has 1 aliphatic heterocycles. The number of hydrogen-bond acceptors (Lipinski definition) is 4. The fourth-order valence-corrected chi connectivity index (χ4v) is 3.81. The van der Waals surface area contributed by atoms with Crippen molar-refractivity contribution in [2.45, 2.75) is 32.3 Å². The summed E-state index contributed by atoms with van der Waals surface area (Å²) >= 11 is 0. The summed E-state index contributed by atoms with van der Waals surface area (Å²) in [6.45, 7) is 5.14. The summed E-state index contributed by atoms with van der Waals surface area (Å²) in [6, 6.07) is 11.8. The van der Waals surface area contributed by atoms with Crippen molar-refractivity contribution in [3.05, 3.63) is 54.4 Å². The highest BCUT2D eigenvalue weighted by atomic mass is 16.5. The van der Waals surface area contributed by atoms with Gasteiger partial charge in [-0.1, -0.05) is 44.2 Å². The molecule has 0 radical (unpaired) electrons. The highest BCUT2D eigenvalue weighted by Crippen LogP contribution is 2.30. The number of nitrogens with one attached hydrogen (secondary N) is 1. The van der Waals surface area contributed by atoms with Crippen LogP contribution in [0, 0.1) is 5.92 Å². The molecule has 0 aliphatic carbocycles. The molecule has 2 amide bonds. The molecule has 0 spiro atoms. The predicted molar refractivity (Wildman–Crippen MR) is 112 cm³/mol. The normalized spacial score (nSPS) is 19.2. The molecule has 0 unspecified atom stereocenters. The minimum absolute atomic E-state index is 0.0668. The lowest BCUT2D eigenvalue weighted by Gasteiger charge is -2.42. The van der Waals surface area contributed by atoms with Gasteiger partial charge in [0.05, 0.1) is 13.2 Å². The second-order valence-corrected chi connectivity index (χ2v) is 7.91. The number of amides is 2. The molecule has 1 aromatic heterocycles. The standard InChI is InChI=1S/C23H29N3O3/c1-17(2)13-21(27)26-11-12-29-23(16-26,22(28)24-3)14-18-7-4-5-9-20(18)19-8-6-10-25-15-19/h4-10,15,17H,11-14,16H2,1-3H3,(H,24,28)/t23-/m0/s1. The summed E-state index contributed by atoms with van der Waals surface area (Å²) < 4.78 is 6.08. The summed E-state index contributed by atoms with van der Waals surface area (Å²) in [5.41, 5.74) is 1.87. The van der Waals surface area contributed by atoms with Crippen LogP contribution in [-0.4, -0.2) is 54.0 Å². The van der Waals surface area contributed by atoms with Crippen LogP contribution in [0.3, 0.4) is 0 Å². The number of pyridine rings is 1. The van der Waals surface area contributed by atoms with Gasteiger partial charge in [0.2, 0.25) is 5.91 Å². The number of morpholine rings is 1. The zero-order valence-electron chi connectivity index (χ0n) is 17.4. The van der Waals surface area contributed by atoms with Gasteiger partial charge in [-0.2, -0.15) is 0 Å². The Morgan fingerprint density at radius 3 is 2.72 bits per heavy atom. The van der Waals surface area contributed by atoms with E-state index in [0.29, 0.717) is 26.0 Å². The highest BCUT2D eigenvalue weighted by molar-refractivity contribution is 5.87. The average molecular weight is 396 g/mol. The topological polar surface area (TPSA) is 71.5 Å². The Kier molecular flexibility index (Phi) is 6.64. The van der Waals surface area contributed by atoms with E-state index in [-0.39, 0.29) is 24.3 Å². The molecular formula is C23H29N3O3. The Balaban J connectivity index is 1.93. The summed E-state index contributed by atoms with van der Waals surface area (Å²) in [6.07, 6.45) is 4.39. The summed E-state index contributed by atoms with van der Waals surface area (Å²) in [5.74, 6) is 0.128. The second-order valence-electron chi connectivity index (χ2n) is 7.91. The third kappa shape index (κ3) is 4.82. The average Bonchev–Trinajstić information content (AvgIpc) is 2.74. The van der Waals surface area contributed by atoms with Gasteiger partial charge in [-0.05, 0) is 23.1 Å². The van der Waals surface area contributed by atoms with Gasteiger partial charge in [-0.15, -0.1) is 0 Å². The van der Waals surface area contributed by atoms with E-state index in [9.17, 15) is 9.59 Å². The summed E-state index contributed by atoms with van der Waals surface area (Å²) in [7, 11) is 1.61. The van der Waals surface area contributed by atoms with Crippen molar-refractivity contribution in [3.8, 4) is 11.1 Å². The molecule has 1 saturated heterocycles. The minimum atomic E-state index is -1.11. The molecule has 0 saturated carbocycles. The summed E-state index contributed by atoms with van der Waals surface area (Å²) in [5, 5.41) is 2.74. The molecule has 6 nitrogen and oxygen atoms in total. The number of rotatable bonds is 6. The molecule has 154 valence electrons. The Hall–Kier alpha value is -2.73. The number of aromatic nitrogens is 1. The largest absolute Gasteiger partial charge is 0.361 e. The van der Waals surface area contributed by atoms with E-state index in [4.69, 9.17) is 4.74 Å². The Morgan fingerprint density at radius 2 is 2.03 bits per heavy atom. The van der Waals surface area contributed by atoms with Gasteiger partial charge in [-0.3, -0.25) is 14.6 Å². The van der Waals surface area contributed by atoms with Crippen molar-refractivity contribution in [3.63, 3.8) is 0 Å². The monoisotopic (exact) mass is 395 g/mol. The van der Waals surface area contributed by atoms with Crippen molar-refractivity contribution >= 4 is 11.8 Å². The number of carbonyl (C=O) groups is 2. The molecule has 1 fully saturated rings. The third-order valence-electron chi connectivity index (χ3n) is 5.23. The first-order chi connectivity index (χ1) is 13.9. The van der Waals surface area contributed by atoms with Gasteiger partial charge >= 0.3 is 0 Å². The fraction of sp³-hybridized carbons (Fsp3) is 0.435. The first-order valence-corrected chi connectivity index (χ1v) is 10.1. The van der Waals surface area contributed by atoms with E-state index in [2.05, 4.69) is 10.3 Å². The maximum absolute atomic E-state index is 12.9. The van der Waals surface area contributed by atoms with Crippen molar-refractivity contribution in [2.75, 3.05) is 26.7 Å². The van der Waals surface area contributed by atoms with Gasteiger partial charge in [-0.25, -0.2) is 0 Å². The van der Waals surface area contributed by atoms with E-state index in [1.165, 1.54) is 0 Å². The van der Waals surface area contributed by atoms with Crippen LogP contribution >= 0.6 is 0 Å². The molecule has 29 heavy (non-hydrogen) atoms. The number of benzene rings is 1. The van der Waals surface area contributed by atoms with Crippen LogP contribution in [0.2, 0.25) is 0 Å². The number of nitrogens with zero attached hydrogens (tertiary/aromatic N) is 2. The Morgan fingerprint density at radius 1 is 1.24 bits per heavy atom. The lowest BCUT2D eigenvalue weighted by atomic mass is 9.87. The van der Waals surface area contributed by atoms with Gasteiger partial charge in [0.25, 0.3) is 5.91 Å². The Labute approximate surface area is 172 Å². The number of carbonyl (C=O) groups excluding carboxylic acids is 2. The van der Waals surface area contributed by atoms with Crippen LogP contribution in [0.4, 0.5) is 0 Å². The SMILES string of the molecule is CNC(=O)[C@]1(Cc2ccccc2-c2cccnc2)CN(C(=O)CC(C)C)CCO1. The number of likely N-dealkylation sites (N-methyl/N-ethyl adjacent to an activating group) is 1. The predicted octanol–water partition coefficient (Wildman–Crippen LogP) is 2.68. The van der Waals surface area contributed by atoms with Crippen LogP contribution in [0.25, 0.3) is 11.1 Å². The van der Waals surface area contributed by atoms with Gasteiger partial charge < -0.3 is 15.0 Å². The lowest BCUT2D eigenvalue weighted by Crippen LogP contribution is -2.61. The van der Waals surface area contributed by atoms with E-state index in [1.54, 1.807) is 18.1 Å². The van der Waals surface area contributed by atoms with Crippen LogP contribution in [0.1, 0.15) is 25.8 Å². The maximum Gasteiger partial charge on any atom is 0.254 e. The van der Waals surface area contributed by atoms with Crippen molar-refractivity contribution in [1.29, 1.82) is 0 Å². The fourth-order valence-electron chi connectivity index (χ4n) is 3.81. The zero-order valence-corrected chi connectivity index (χ0v) is 17.4. The minimum Gasteiger partial charge on any atom is -0.361 e. The van der Waals surface area contributed by atoms with Crippen molar-refractivity contribution < 1.29 is 14.3 Å². The van der Waals surface area contributed by atoms with Gasteiger partial charge in [0.1, 0.15) is 0 Å². The number of hydrogen-bond donors (Lipinski definition) is 1. The van der Waals surface area contributed by atoms with E-state index >= 15 is 0 Å². The second kappa shape index (κ2) is 9.18. The first-order valence-electron chi connectivity index (χ1n) is 10.1. The van der Waals surface area contributed by atoms with Crippen molar-refractivity contribution in [1.82, 2.24) is 15.2 Å². The maximum atomic E-state index is 12.9. The molecule has 1 atom stereocenters. The molecule has 1 N–H and O–H groups in total.